The summed E-state index contributed by atoms with van der Waals surface area (Å²) in [5.74, 6) is 0. The van der Waals surface area contributed by atoms with Crippen LogP contribution in [0.1, 0.15) is 37.7 Å². The highest BCUT2D eigenvalue weighted by atomic mass is 16.3. The van der Waals surface area contributed by atoms with E-state index in [1.807, 2.05) is 30.3 Å². The Kier molecular flexibility index (Phi) is 5.11. The van der Waals surface area contributed by atoms with Gasteiger partial charge < -0.3 is 14.8 Å². The number of aliphatic hydroxyl groups is 1. The first-order valence-corrected chi connectivity index (χ1v) is 7.18. The van der Waals surface area contributed by atoms with Gasteiger partial charge in [0.15, 0.2) is 0 Å². The maximum absolute atomic E-state index is 10.7. The van der Waals surface area contributed by atoms with Crippen LogP contribution in [0.4, 0.5) is 0 Å². The van der Waals surface area contributed by atoms with E-state index in [0.29, 0.717) is 6.42 Å². The lowest BCUT2D eigenvalue weighted by atomic mass is 9.84. The molecule has 3 nitrogen and oxygen atoms in total. The molecule has 1 aliphatic rings. The van der Waals surface area contributed by atoms with Crippen molar-refractivity contribution in [2.45, 2.75) is 37.7 Å². The number of carbonyl (C=O) groups excluding carboxylic acids is 1. The van der Waals surface area contributed by atoms with Crippen molar-refractivity contribution in [1.29, 1.82) is 0 Å². The number of carbonyl (C=O) groups is 1. The molecule has 0 saturated carbocycles. The molecule has 2 rings (SSSR count). The van der Waals surface area contributed by atoms with Crippen LogP contribution in [0, 0.1) is 0 Å². The minimum Gasteiger partial charge on any atom is -0.385 e. The zero-order chi connectivity index (χ0) is 13.6. The van der Waals surface area contributed by atoms with Crippen molar-refractivity contribution >= 4 is 6.29 Å². The van der Waals surface area contributed by atoms with Gasteiger partial charge in [-0.25, -0.2) is 0 Å². The lowest BCUT2D eigenvalue weighted by molar-refractivity contribution is -0.107. The molecule has 0 amide bonds. The van der Waals surface area contributed by atoms with Crippen molar-refractivity contribution in [3.05, 3.63) is 35.9 Å². The van der Waals surface area contributed by atoms with Crippen molar-refractivity contribution in [2.75, 3.05) is 19.6 Å². The third-order valence-corrected chi connectivity index (χ3v) is 4.04. The van der Waals surface area contributed by atoms with E-state index >= 15 is 0 Å². The molecule has 0 bridgehead atoms. The zero-order valence-electron chi connectivity index (χ0n) is 11.4. The lowest BCUT2D eigenvalue weighted by Crippen LogP contribution is -2.42. The highest BCUT2D eigenvalue weighted by Gasteiger charge is 2.33. The van der Waals surface area contributed by atoms with E-state index in [0.717, 1.165) is 57.2 Å². The van der Waals surface area contributed by atoms with Gasteiger partial charge in [-0.15, -0.1) is 0 Å². The van der Waals surface area contributed by atoms with E-state index in [9.17, 15) is 9.90 Å². The average Bonchev–Trinajstić information content (AvgIpc) is 2.47. The number of likely N-dealkylation sites (tertiary alicyclic amines) is 1. The van der Waals surface area contributed by atoms with Crippen molar-refractivity contribution in [3.63, 3.8) is 0 Å². The van der Waals surface area contributed by atoms with E-state index in [4.69, 9.17) is 0 Å². The fourth-order valence-electron chi connectivity index (χ4n) is 2.75. The van der Waals surface area contributed by atoms with E-state index in [-0.39, 0.29) is 0 Å². The first kappa shape index (κ1) is 14.2. The molecular weight excluding hydrogens is 238 g/mol. The molecule has 19 heavy (non-hydrogen) atoms. The monoisotopic (exact) mass is 261 g/mol. The first-order valence-electron chi connectivity index (χ1n) is 7.18. The summed E-state index contributed by atoms with van der Waals surface area (Å²) in [4.78, 5) is 12.6. The third kappa shape index (κ3) is 3.88. The molecule has 1 saturated heterocycles. The van der Waals surface area contributed by atoms with Gasteiger partial charge in [-0.3, -0.25) is 0 Å². The van der Waals surface area contributed by atoms with Crippen LogP contribution in [-0.4, -0.2) is 35.9 Å². The Bertz CT molecular complexity index is 383. The number of aldehydes is 1. The Balaban J connectivity index is 1.80. The molecular formula is C16H23NO2. The summed E-state index contributed by atoms with van der Waals surface area (Å²) in [5.41, 5.74) is 0.385. The van der Waals surface area contributed by atoms with Crippen molar-refractivity contribution in [1.82, 2.24) is 4.90 Å². The van der Waals surface area contributed by atoms with E-state index in [1.54, 1.807) is 0 Å². The van der Waals surface area contributed by atoms with Gasteiger partial charge in [-0.2, -0.15) is 0 Å². The molecule has 1 aromatic rings. The second kappa shape index (κ2) is 6.83. The molecule has 0 aliphatic carbocycles. The van der Waals surface area contributed by atoms with E-state index in [1.165, 1.54) is 0 Å². The summed E-state index contributed by atoms with van der Waals surface area (Å²) in [7, 11) is 0. The van der Waals surface area contributed by atoms with Crippen LogP contribution in [0.5, 0.6) is 0 Å². The molecule has 0 spiro atoms. The molecule has 104 valence electrons. The molecule has 0 radical (unpaired) electrons. The maximum Gasteiger partial charge on any atom is 0.119 e. The second-order valence-electron chi connectivity index (χ2n) is 5.40. The van der Waals surface area contributed by atoms with Crippen LogP contribution >= 0.6 is 0 Å². The second-order valence-corrected chi connectivity index (χ2v) is 5.40. The topological polar surface area (TPSA) is 40.5 Å². The lowest BCUT2D eigenvalue weighted by Gasteiger charge is -2.38. The van der Waals surface area contributed by atoms with Gasteiger partial charge in [-0.1, -0.05) is 30.3 Å². The summed E-state index contributed by atoms with van der Waals surface area (Å²) in [6.07, 6.45) is 5.30. The van der Waals surface area contributed by atoms with E-state index < -0.39 is 5.60 Å². The normalized spacial score (nSPS) is 19.2. The first-order chi connectivity index (χ1) is 9.24. The minimum atomic E-state index is -0.652. The Morgan fingerprint density at radius 3 is 2.47 bits per heavy atom. The SMILES string of the molecule is O=CCCCCN1CCC(O)(c2ccccc2)CC1. The maximum atomic E-state index is 10.7. The number of hydrogen-bond acceptors (Lipinski definition) is 3. The van der Waals surface area contributed by atoms with Crippen molar-refractivity contribution < 1.29 is 9.90 Å². The van der Waals surface area contributed by atoms with Gasteiger partial charge >= 0.3 is 0 Å². The quantitative estimate of drug-likeness (QED) is 0.631. The van der Waals surface area contributed by atoms with Crippen LogP contribution in [0.15, 0.2) is 30.3 Å². The van der Waals surface area contributed by atoms with Crippen LogP contribution in [-0.2, 0) is 10.4 Å². The number of benzene rings is 1. The molecule has 1 fully saturated rings. The Morgan fingerprint density at radius 1 is 1.16 bits per heavy atom. The highest BCUT2D eigenvalue weighted by molar-refractivity contribution is 5.48. The molecule has 0 atom stereocenters. The molecule has 0 aromatic heterocycles. The molecule has 0 unspecified atom stereocenters. The Hall–Kier alpha value is -1.19. The van der Waals surface area contributed by atoms with Crippen LogP contribution < -0.4 is 0 Å². The van der Waals surface area contributed by atoms with Gasteiger partial charge in [0.2, 0.25) is 0 Å². The predicted molar refractivity (Wildman–Crippen MR) is 75.9 cm³/mol. The number of rotatable bonds is 6. The standard InChI is InChI=1S/C16H23NO2/c18-14-6-2-5-11-17-12-9-16(19,10-13-17)15-7-3-1-4-8-15/h1,3-4,7-8,14,19H,2,5-6,9-13H2. The van der Waals surface area contributed by atoms with Gasteiger partial charge in [-0.05, 0) is 37.8 Å². The predicted octanol–water partition coefficient (Wildman–Crippen LogP) is 2.34. The molecule has 1 heterocycles. The molecule has 3 heteroatoms. The number of nitrogens with zero attached hydrogens (tertiary/aromatic N) is 1. The fraction of sp³-hybridized carbons (Fsp3) is 0.562. The van der Waals surface area contributed by atoms with Crippen molar-refractivity contribution in [3.8, 4) is 0 Å². The minimum absolute atomic E-state index is 0.652. The third-order valence-electron chi connectivity index (χ3n) is 4.04. The van der Waals surface area contributed by atoms with Gasteiger partial charge in [0.25, 0.3) is 0 Å². The number of hydrogen-bond donors (Lipinski definition) is 1. The molecule has 1 N–H and O–H groups in total. The summed E-state index contributed by atoms with van der Waals surface area (Å²) < 4.78 is 0. The molecule has 1 aromatic carbocycles. The smallest absolute Gasteiger partial charge is 0.119 e. The van der Waals surface area contributed by atoms with Gasteiger partial charge in [0, 0.05) is 19.5 Å². The van der Waals surface area contributed by atoms with Crippen molar-refractivity contribution in [2.24, 2.45) is 0 Å². The van der Waals surface area contributed by atoms with Gasteiger partial charge in [0.05, 0.1) is 5.60 Å². The highest BCUT2D eigenvalue weighted by Crippen LogP contribution is 2.32. The summed E-state index contributed by atoms with van der Waals surface area (Å²) in [6, 6.07) is 9.98. The van der Waals surface area contributed by atoms with E-state index in [2.05, 4.69) is 4.90 Å². The Labute approximate surface area is 115 Å². The average molecular weight is 261 g/mol. The summed E-state index contributed by atoms with van der Waals surface area (Å²) in [6.45, 7) is 2.91. The number of piperidine rings is 1. The molecule has 1 aliphatic heterocycles. The largest absolute Gasteiger partial charge is 0.385 e. The van der Waals surface area contributed by atoms with Gasteiger partial charge in [0.1, 0.15) is 6.29 Å². The van der Waals surface area contributed by atoms with Crippen LogP contribution in [0.2, 0.25) is 0 Å². The van der Waals surface area contributed by atoms with Crippen LogP contribution in [0.3, 0.4) is 0 Å². The number of unbranched alkanes of at least 4 members (excludes halogenated alkanes) is 2. The summed E-state index contributed by atoms with van der Waals surface area (Å²) in [5, 5.41) is 10.7. The Morgan fingerprint density at radius 2 is 1.84 bits per heavy atom. The summed E-state index contributed by atoms with van der Waals surface area (Å²) >= 11 is 0. The fourth-order valence-corrected chi connectivity index (χ4v) is 2.75. The zero-order valence-corrected chi connectivity index (χ0v) is 11.4. The van der Waals surface area contributed by atoms with Crippen LogP contribution in [0.25, 0.3) is 0 Å².